The summed E-state index contributed by atoms with van der Waals surface area (Å²) in [6.07, 6.45) is 0. The average molecular weight is 386 g/mol. The highest BCUT2D eigenvalue weighted by molar-refractivity contribution is 6.43. The number of benzene rings is 3. The van der Waals surface area contributed by atoms with Gasteiger partial charge in [-0.25, -0.2) is 0 Å². The number of Topliss-reactive ketones (excluding diaryl/α,β-unsaturated/α-hetero) is 1. The van der Waals surface area contributed by atoms with Gasteiger partial charge in [-0.15, -0.1) is 0 Å². The molecule has 0 aromatic heterocycles. The van der Waals surface area contributed by atoms with E-state index in [9.17, 15) is 14.4 Å². The van der Waals surface area contributed by atoms with Gasteiger partial charge < -0.3 is 9.80 Å². The molecule has 3 aromatic carbocycles. The summed E-state index contributed by atoms with van der Waals surface area (Å²) in [4.78, 5) is 41.6. The average Bonchev–Trinajstić information content (AvgIpc) is 2.77. The van der Waals surface area contributed by atoms with E-state index in [1.807, 2.05) is 55.5 Å². The van der Waals surface area contributed by atoms with E-state index in [-0.39, 0.29) is 11.9 Å². The first kappa shape index (κ1) is 18.9. The summed E-state index contributed by atoms with van der Waals surface area (Å²) in [5.74, 6) is -1.07. The predicted molar refractivity (Wildman–Crippen MR) is 112 cm³/mol. The molecule has 0 radical (unpaired) electrons. The van der Waals surface area contributed by atoms with Gasteiger partial charge in [0.05, 0.1) is 0 Å². The molecule has 0 saturated carbocycles. The van der Waals surface area contributed by atoms with Crippen LogP contribution < -0.4 is 0 Å². The van der Waals surface area contributed by atoms with Crippen molar-refractivity contribution in [3.05, 3.63) is 83.9 Å². The summed E-state index contributed by atoms with van der Waals surface area (Å²) in [5, 5.41) is 1.95. The van der Waals surface area contributed by atoms with Gasteiger partial charge in [-0.3, -0.25) is 14.4 Å². The molecule has 3 aromatic rings. The highest BCUT2D eigenvalue weighted by Crippen LogP contribution is 2.19. The molecule has 1 aliphatic rings. The van der Waals surface area contributed by atoms with Gasteiger partial charge in [0.25, 0.3) is 11.8 Å². The van der Waals surface area contributed by atoms with Gasteiger partial charge in [-0.1, -0.05) is 54.6 Å². The Morgan fingerprint density at radius 3 is 2.21 bits per heavy atom. The molecule has 1 heterocycles. The van der Waals surface area contributed by atoms with Crippen molar-refractivity contribution in [3.8, 4) is 0 Å². The summed E-state index contributed by atoms with van der Waals surface area (Å²) >= 11 is 0. The number of carbonyl (C=O) groups is 3. The molecule has 2 amide bonds. The number of rotatable bonds is 3. The lowest BCUT2D eigenvalue weighted by Crippen LogP contribution is -2.56. The normalized spacial score (nSPS) is 16.7. The lowest BCUT2D eigenvalue weighted by molar-refractivity contribution is -0.130. The molecule has 1 aliphatic heterocycles. The third-order valence-electron chi connectivity index (χ3n) is 5.40. The number of nitrogens with zero attached hydrogens (tertiary/aromatic N) is 2. The molecule has 1 fully saturated rings. The smallest absolute Gasteiger partial charge is 0.295 e. The Balaban J connectivity index is 1.46. The molecule has 0 spiro atoms. The zero-order chi connectivity index (χ0) is 20.4. The van der Waals surface area contributed by atoms with E-state index < -0.39 is 11.7 Å². The number of hydrogen-bond donors (Lipinski definition) is 0. The molecule has 4 rings (SSSR count). The quantitative estimate of drug-likeness (QED) is 0.512. The molecule has 5 heteroatoms. The first-order valence-electron chi connectivity index (χ1n) is 9.73. The van der Waals surface area contributed by atoms with Crippen LogP contribution in [0.5, 0.6) is 0 Å². The van der Waals surface area contributed by atoms with Crippen LogP contribution in [0.4, 0.5) is 0 Å². The van der Waals surface area contributed by atoms with Crippen LogP contribution in [0.3, 0.4) is 0 Å². The van der Waals surface area contributed by atoms with Gasteiger partial charge >= 0.3 is 0 Å². The first-order valence-corrected chi connectivity index (χ1v) is 9.73. The molecule has 29 heavy (non-hydrogen) atoms. The van der Waals surface area contributed by atoms with Gasteiger partial charge in [0.15, 0.2) is 0 Å². The third-order valence-corrected chi connectivity index (χ3v) is 5.40. The minimum absolute atomic E-state index is 0.0506. The van der Waals surface area contributed by atoms with Crippen LogP contribution in [0.2, 0.25) is 0 Å². The number of ketones is 1. The maximum absolute atomic E-state index is 12.9. The summed E-state index contributed by atoms with van der Waals surface area (Å²) < 4.78 is 0. The molecule has 0 aliphatic carbocycles. The maximum Gasteiger partial charge on any atom is 0.295 e. The second kappa shape index (κ2) is 7.87. The Labute approximate surface area is 169 Å². The Kier molecular flexibility index (Phi) is 5.12. The van der Waals surface area contributed by atoms with E-state index in [0.717, 1.165) is 10.8 Å². The fourth-order valence-electron chi connectivity index (χ4n) is 3.79. The zero-order valence-electron chi connectivity index (χ0n) is 16.2. The van der Waals surface area contributed by atoms with Gasteiger partial charge in [0, 0.05) is 36.8 Å². The lowest BCUT2D eigenvalue weighted by atomic mass is 10.0. The van der Waals surface area contributed by atoms with Crippen LogP contribution in [0, 0.1) is 0 Å². The maximum atomic E-state index is 12.9. The summed E-state index contributed by atoms with van der Waals surface area (Å²) in [7, 11) is 0. The molecule has 1 atom stereocenters. The van der Waals surface area contributed by atoms with Crippen LogP contribution in [0.15, 0.2) is 72.8 Å². The number of fused-ring (bicyclic) bond motifs is 1. The number of amides is 2. The fraction of sp³-hybridized carbons (Fsp3) is 0.208. The molecular formula is C24H22N2O3. The van der Waals surface area contributed by atoms with Crippen molar-refractivity contribution in [3.63, 3.8) is 0 Å². The number of carbonyl (C=O) groups excluding carboxylic acids is 3. The summed E-state index contributed by atoms with van der Waals surface area (Å²) in [6, 6.07) is 21.9. The van der Waals surface area contributed by atoms with Crippen molar-refractivity contribution in [1.29, 1.82) is 0 Å². The van der Waals surface area contributed by atoms with Crippen molar-refractivity contribution < 1.29 is 14.4 Å². The lowest BCUT2D eigenvalue weighted by Gasteiger charge is -2.39. The van der Waals surface area contributed by atoms with Crippen molar-refractivity contribution in [2.45, 2.75) is 13.0 Å². The van der Waals surface area contributed by atoms with E-state index >= 15 is 0 Å². The van der Waals surface area contributed by atoms with Gasteiger partial charge in [-0.2, -0.15) is 0 Å². The summed E-state index contributed by atoms with van der Waals surface area (Å²) in [6.45, 7) is 3.03. The van der Waals surface area contributed by atoms with Crippen LogP contribution >= 0.6 is 0 Å². The minimum atomic E-state index is -0.514. The van der Waals surface area contributed by atoms with E-state index in [1.165, 1.54) is 0 Å². The molecular weight excluding hydrogens is 364 g/mol. The van der Waals surface area contributed by atoms with Crippen molar-refractivity contribution in [2.75, 3.05) is 19.6 Å². The van der Waals surface area contributed by atoms with Crippen LogP contribution in [0.1, 0.15) is 27.6 Å². The zero-order valence-corrected chi connectivity index (χ0v) is 16.2. The van der Waals surface area contributed by atoms with E-state index in [1.54, 1.807) is 34.1 Å². The molecule has 0 bridgehead atoms. The second-order valence-electron chi connectivity index (χ2n) is 7.36. The first-order chi connectivity index (χ1) is 14.0. The topological polar surface area (TPSA) is 57.7 Å². The van der Waals surface area contributed by atoms with Gasteiger partial charge in [-0.05, 0) is 35.9 Å². The standard InChI is InChI=1S/C24H22N2O3/c1-17-16-25(23(28)19-8-3-2-4-9-19)13-14-26(17)24(29)22(27)21-12-11-18-7-5-6-10-20(18)15-21/h2-12,15,17H,13-14,16H2,1H3. The van der Waals surface area contributed by atoms with Gasteiger partial charge in [0.1, 0.15) is 0 Å². The molecule has 1 saturated heterocycles. The SMILES string of the molecule is CC1CN(C(=O)c2ccccc2)CCN1C(=O)C(=O)c1ccc2ccccc2c1. The minimum Gasteiger partial charge on any atom is -0.335 e. The Hall–Kier alpha value is -3.47. The predicted octanol–water partition coefficient (Wildman–Crippen LogP) is 3.40. The second-order valence-corrected chi connectivity index (χ2v) is 7.36. The number of hydrogen-bond acceptors (Lipinski definition) is 3. The Bertz CT molecular complexity index is 1080. The van der Waals surface area contributed by atoms with E-state index in [2.05, 4.69) is 0 Å². The molecule has 1 unspecified atom stereocenters. The van der Waals surface area contributed by atoms with Crippen molar-refractivity contribution in [1.82, 2.24) is 9.80 Å². The van der Waals surface area contributed by atoms with Crippen molar-refractivity contribution >= 4 is 28.4 Å². The number of piperazine rings is 1. The van der Waals surface area contributed by atoms with Crippen LogP contribution in [-0.2, 0) is 4.79 Å². The fourth-order valence-corrected chi connectivity index (χ4v) is 3.79. The monoisotopic (exact) mass is 386 g/mol. The summed E-state index contributed by atoms with van der Waals surface area (Å²) in [5.41, 5.74) is 1.02. The molecule has 146 valence electrons. The third kappa shape index (κ3) is 3.76. The van der Waals surface area contributed by atoms with Gasteiger partial charge in [0.2, 0.25) is 5.78 Å². The van der Waals surface area contributed by atoms with Crippen LogP contribution in [-0.4, -0.2) is 53.1 Å². The molecule has 0 N–H and O–H groups in total. The Morgan fingerprint density at radius 2 is 1.48 bits per heavy atom. The largest absolute Gasteiger partial charge is 0.335 e. The molecule has 5 nitrogen and oxygen atoms in total. The van der Waals surface area contributed by atoms with E-state index in [4.69, 9.17) is 0 Å². The Morgan fingerprint density at radius 1 is 0.793 bits per heavy atom. The van der Waals surface area contributed by atoms with Crippen LogP contribution in [0.25, 0.3) is 10.8 Å². The van der Waals surface area contributed by atoms with Crippen molar-refractivity contribution in [2.24, 2.45) is 0 Å². The highest BCUT2D eigenvalue weighted by atomic mass is 16.2. The van der Waals surface area contributed by atoms with E-state index in [0.29, 0.717) is 30.8 Å². The highest BCUT2D eigenvalue weighted by Gasteiger charge is 2.33.